The zero-order valence-electron chi connectivity index (χ0n) is 4.96. The van der Waals surface area contributed by atoms with Crippen molar-refractivity contribution in [3.63, 3.8) is 0 Å². The van der Waals surface area contributed by atoms with Crippen molar-refractivity contribution in [3.8, 4) is 0 Å². The zero-order valence-corrected chi connectivity index (χ0v) is 6.96. The summed E-state index contributed by atoms with van der Waals surface area (Å²) < 4.78 is 0. The van der Waals surface area contributed by atoms with Crippen LogP contribution in [-0.2, 0) is 0 Å². The number of hydrogen-bond donors (Lipinski definition) is 1. The van der Waals surface area contributed by atoms with E-state index in [1.807, 2.05) is 30.3 Å². The van der Waals surface area contributed by atoms with Gasteiger partial charge in [-0.25, -0.2) is 0 Å². The van der Waals surface area contributed by atoms with Gasteiger partial charge < -0.3 is 5.73 Å². The molecule has 0 amide bonds. The molecule has 1 nitrogen and oxygen atoms in total. The van der Waals surface area contributed by atoms with Crippen LogP contribution in [0.5, 0.6) is 0 Å². The molecule has 0 saturated heterocycles. The van der Waals surface area contributed by atoms with Crippen LogP contribution in [0.1, 0.15) is 0 Å². The van der Waals surface area contributed by atoms with Crippen LogP contribution in [0.4, 0.5) is 5.69 Å². The first-order valence-electron chi connectivity index (χ1n) is 2.20. The standard InChI is InChI=1S/C6H7N.Na/c7-6-4-2-1-3-5-6;/h1-5H,7H2;. The van der Waals surface area contributed by atoms with Gasteiger partial charge in [0.2, 0.25) is 0 Å². The molecule has 2 heteroatoms. The van der Waals surface area contributed by atoms with Crippen LogP contribution < -0.4 is 5.73 Å². The number of hydrogen-bond acceptors (Lipinski definition) is 1. The minimum absolute atomic E-state index is 0. The van der Waals surface area contributed by atoms with E-state index in [4.69, 9.17) is 5.73 Å². The average Bonchev–Trinajstić information content (AvgIpc) is 1.69. The van der Waals surface area contributed by atoms with Crippen LogP contribution in [-0.4, -0.2) is 29.6 Å². The van der Waals surface area contributed by atoms with Gasteiger partial charge in [-0.3, -0.25) is 0 Å². The molecule has 0 spiro atoms. The molecule has 0 bridgehead atoms. The number of nitrogens with two attached hydrogens (primary N) is 1. The summed E-state index contributed by atoms with van der Waals surface area (Å²) in [6, 6.07) is 9.49. The molecule has 1 radical (unpaired) electrons. The zero-order chi connectivity index (χ0) is 5.11. The second-order valence-electron chi connectivity index (χ2n) is 1.41. The van der Waals surface area contributed by atoms with E-state index in [2.05, 4.69) is 0 Å². The number of nitrogen functional groups attached to an aromatic ring is 1. The van der Waals surface area contributed by atoms with E-state index < -0.39 is 0 Å². The summed E-state index contributed by atoms with van der Waals surface area (Å²) >= 11 is 0. The Hall–Kier alpha value is 0.0200. The molecule has 1 rings (SSSR count). The van der Waals surface area contributed by atoms with Gasteiger partial charge in [0.1, 0.15) is 0 Å². The molecule has 37 valence electrons. The summed E-state index contributed by atoms with van der Waals surface area (Å²) in [5, 5.41) is 0. The van der Waals surface area contributed by atoms with Crippen LogP contribution in [0.3, 0.4) is 0 Å². The predicted octanol–water partition coefficient (Wildman–Crippen LogP) is 0.888. The molecular weight excluding hydrogens is 109 g/mol. The fourth-order valence-electron chi connectivity index (χ4n) is 0.453. The number of para-hydroxylation sites is 1. The van der Waals surface area contributed by atoms with Crippen LogP contribution >= 0.6 is 0 Å². The first-order chi connectivity index (χ1) is 3.39. The van der Waals surface area contributed by atoms with E-state index in [-0.39, 0.29) is 29.6 Å². The maximum Gasteiger partial charge on any atom is 0.0313 e. The Balaban J connectivity index is 0.000000490. The molecule has 0 aliphatic rings. The molecule has 0 aliphatic heterocycles. The van der Waals surface area contributed by atoms with Crippen molar-refractivity contribution in [2.45, 2.75) is 0 Å². The Labute approximate surface area is 71.2 Å². The summed E-state index contributed by atoms with van der Waals surface area (Å²) in [6.07, 6.45) is 0. The minimum atomic E-state index is 0. The second-order valence-corrected chi connectivity index (χ2v) is 1.41. The van der Waals surface area contributed by atoms with E-state index in [9.17, 15) is 0 Å². The molecule has 8 heavy (non-hydrogen) atoms. The van der Waals surface area contributed by atoms with Gasteiger partial charge in [-0.1, -0.05) is 18.2 Å². The Morgan fingerprint density at radius 1 is 1.00 bits per heavy atom. The second kappa shape index (κ2) is 3.96. The van der Waals surface area contributed by atoms with Gasteiger partial charge in [-0.2, -0.15) is 0 Å². The van der Waals surface area contributed by atoms with Crippen molar-refractivity contribution >= 4 is 35.2 Å². The van der Waals surface area contributed by atoms with Gasteiger partial charge in [-0.15, -0.1) is 0 Å². The third kappa shape index (κ3) is 2.36. The van der Waals surface area contributed by atoms with E-state index in [1.165, 1.54) is 0 Å². The van der Waals surface area contributed by atoms with Crippen molar-refractivity contribution in [1.29, 1.82) is 0 Å². The molecule has 1 aromatic carbocycles. The number of rotatable bonds is 0. The smallest absolute Gasteiger partial charge is 0.0313 e. The van der Waals surface area contributed by atoms with Gasteiger partial charge in [0.15, 0.2) is 0 Å². The third-order valence-corrected chi connectivity index (χ3v) is 0.800. The van der Waals surface area contributed by atoms with Crippen molar-refractivity contribution in [2.75, 3.05) is 5.73 Å². The fraction of sp³-hybridized carbons (Fsp3) is 0. The SMILES string of the molecule is Nc1ccccc1.[Na]. The number of benzene rings is 1. The van der Waals surface area contributed by atoms with Crippen molar-refractivity contribution in [2.24, 2.45) is 0 Å². The molecule has 0 heterocycles. The minimum Gasteiger partial charge on any atom is -0.399 e. The maximum absolute atomic E-state index is 5.36. The molecular formula is C6H7NNa. The Morgan fingerprint density at radius 2 is 1.50 bits per heavy atom. The molecule has 0 atom stereocenters. The van der Waals surface area contributed by atoms with Crippen molar-refractivity contribution in [1.82, 2.24) is 0 Å². The predicted molar refractivity (Wildman–Crippen MR) is 36.6 cm³/mol. The van der Waals surface area contributed by atoms with Crippen LogP contribution in [0, 0.1) is 0 Å². The summed E-state index contributed by atoms with van der Waals surface area (Å²) in [7, 11) is 0. The third-order valence-electron chi connectivity index (χ3n) is 0.800. The normalized spacial score (nSPS) is 7.50. The average molecular weight is 116 g/mol. The molecule has 0 saturated carbocycles. The van der Waals surface area contributed by atoms with Crippen LogP contribution in [0.2, 0.25) is 0 Å². The van der Waals surface area contributed by atoms with Gasteiger partial charge in [-0.05, 0) is 12.1 Å². The van der Waals surface area contributed by atoms with E-state index in [0.29, 0.717) is 0 Å². The van der Waals surface area contributed by atoms with Crippen molar-refractivity contribution < 1.29 is 0 Å². The molecule has 1 aromatic rings. The van der Waals surface area contributed by atoms with Gasteiger partial charge in [0, 0.05) is 35.2 Å². The monoisotopic (exact) mass is 116 g/mol. The Kier molecular flexibility index (Phi) is 3.97. The molecule has 0 unspecified atom stereocenters. The van der Waals surface area contributed by atoms with E-state index in [1.54, 1.807) is 0 Å². The quantitative estimate of drug-likeness (QED) is 0.395. The number of anilines is 1. The summed E-state index contributed by atoms with van der Waals surface area (Å²) in [5.74, 6) is 0. The molecule has 0 fully saturated rings. The summed E-state index contributed by atoms with van der Waals surface area (Å²) in [6.45, 7) is 0. The molecule has 0 aliphatic carbocycles. The maximum atomic E-state index is 5.36. The summed E-state index contributed by atoms with van der Waals surface area (Å²) in [5.41, 5.74) is 6.18. The van der Waals surface area contributed by atoms with Crippen molar-refractivity contribution in [3.05, 3.63) is 30.3 Å². The van der Waals surface area contributed by atoms with Gasteiger partial charge >= 0.3 is 0 Å². The van der Waals surface area contributed by atoms with E-state index >= 15 is 0 Å². The van der Waals surface area contributed by atoms with E-state index in [0.717, 1.165) is 5.69 Å². The van der Waals surface area contributed by atoms with Gasteiger partial charge in [0.05, 0.1) is 0 Å². The molecule has 2 N–H and O–H groups in total. The fourth-order valence-corrected chi connectivity index (χ4v) is 0.453. The first kappa shape index (κ1) is 8.02. The largest absolute Gasteiger partial charge is 0.399 e. The first-order valence-corrected chi connectivity index (χ1v) is 2.20. The topological polar surface area (TPSA) is 26.0 Å². The van der Waals surface area contributed by atoms with Crippen LogP contribution in [0.25, 0.3) is 0 Å². The van der Waals surface area contributed by atoms with Gasteiger partial charge in [0.25, 0.3) is 0 Å². The van der Waals surface area contributed by atoms with Crippen LogP contribution in [0.15, 0.2) is 30.3 Å². The Morgan fingerprint density at radius 3 is 1.75 bits per heavy atom. The molecule has 0 aromatic heterocycles. The Bertz CT molecular complexity index is 138. The summed E-state index contributed by atoms with van der Waals surface area (Å²) in [4.78, 5) is 0.